The Bertz CT molecular complexity index is 1170. The fourth-order valence-corrected chi connectivity index (χ4v) is 3.36. The largest absolute Gasteiger partial charge is 0.299 e. The van der Waals surface area contributed by atoms with Gasteiger partial charge < -0.3 is 0 Å². The van der Waals surface area contributed by atoms with Crippen molar-refractivity contribution in [2.24, 2.45) is 0 Å². The predicted octanol–water partition coefficient (Wildman–Crippen LogP) is 4.75. The van der Waals surface area contributed by atoms with Gasteiger partial charge in [0, 0.05) is 16.1 Å². The Labute approximate surface area is 182 Å². The highest BCUT2D eigenvalue weighted by atomic mass is 79.9. The SMILES string of the molecule is Fc1ccc(C(Cn2cnnn2)C(F)(F)c2cnc(-c3ccc(Br)cc3)cn2)c(F)c1. The molecule has 0 amide bonds. The number of benzene rings is 2. The van der Waals surface area contributed by atoms with Crippen molar-refractivity contribution in [1.29, 1.82) is 0 Å². The van der Waals surface area contributed by atoms with Gasteiger partial charge in [0.2, 0.25) is 0 Å². The maximum atomic E-state index is 15.5. The minimum absolute atomic E-state index is 0.388. The average molecular weight is 493 g/mol. The molecule has 0 saturated carbocycles. The molecule has 31 heavy (non-hydrogen) atoms. The van der Waals surface area contributed by atoms with Gasteiger partial charge in [0.25, 0.3) is 5.92 Å². The van der Waals surface area contributed by atoms with Crippen LogP contribution in [-0.2, 0) is 12.5 Å². The number of hydrogen-bond donors (Lipinski definition) is 0. The topological polar surface area (TPSA) is 69.4 Å². The van der Waals surface area contributed by atoms with E-state index in [1.54, 1.807) is 24.3 Å². The fraction of sp³-hybridized carbons (Fsp3) is 0.150. The van der Waals surface area contributed by atoms with Crippen LogP contribution >= 0.6 is 15.9 Å². The number of rotatable bonds is 6. The van der Waals surface area contributed by atoms with Gasteiger partial charge in [0.1, 0.15) is 23.7 Å². The average Bonchev–Trinajstić information content (AvgIpc) is 3.26. The Hall–Kier alpha value is -3.21. The number of aromatic nitrogens is 6. The van der Waals surface area contributed by atoms with E-state index >= 15 is 8.78 Å². The number of halogens is 5. The predicted molar refractivity (Wildman–Crippen MR) is 106 cm³/mol. The van der Waals surface area contributed by atoms with Gasteiger partial charge in [-0.3, -0.25) is 9.97 Å². The normalized spacial score (nSPS) is 12.7. The maximum absolute atomic E-state index is 15.5. The first-order valence-electron chi connectivity index (χ1n) is 8.96. The molecule has 4 rings (SSSR count). The third-order valence-corrected chi connectivity index (χ3v) is 5.20. The zero-order valence-electron chi connectivity index (χ0n) is 15.6. The summed E-state index contributed by atoms with van der Waals surface area (Å²) in [4.78, 5) is 7.99. The van der Waals surface area contributed by atoms with Crippen molar-refractivity contribution in [3.05, 3.63) is 88.6 Å². The highest BCUT2D eigenvalue weighted by molar-refractivity contribution is 9.10. The smallest absolute Gasteiger partial charge is 0.252 e. The molecule has 0 fully saturated rings. The molecular weight excluding hydrogens is 480 g/mol. The zero-order valence-corrected chi connectivity index (χ0v) is 17.2. The van der Waals surface area contributed by atoms with Crippen LogP contribution in [0.3, 0.4) is 0 Å². The van der Waals surface area contributed by atoms with Crippen LogP contribution in [0.4, 0.5) is 17.6 Å². The van der Waals surface area contributed by atoms with E-state index in [2.05, 4.69) is 41.4 Å². The number of tetrazole rings is 1. The van der Waals surface area contributed by atoms with Gasteiger partial charge in [0.05, 0.1) is 30.6 Å². The summed E-state index contributed by atoms with van der Waals surface area (Å²) in [6.07, 6.45) is 3.31. The molecule has 0 N–H and O–H groups in total. The first-order chi connectivity index (χ1) is 14.8. The minimum atomic E-state index is -3.66. The number of nitrogens with zero attached hydrogens (tertiary/aromatic N) is 6. The lowest BCUT2D eigenvalue weighted by atomic mass is 9.90. The van der Waals surface area contributed by atoms with E-state index in [4.69, 9.17) is 0 Å². The van der Waals surface area contributed by atoms with Crippen molar-refractivity contribution < 1.29 is 17.6 Å². The molecule has 1 unspecified atom stereocenters. The summed E-state index contributed by atoms with van der Waals surface area (Å²) >= 11 is 3.32. The monoisotopic (exact) mass is 492 g/mol. The van der Waals surface area contributed by atoms with Crippen LogP contribution in [0.1, 0.15) is 17.2 Å². The molecule has 6 nitrogen and oxygen atoms in total. The van der Waals surface area contributed by atoms with Gasteiger partial charge in [-0.2, -0.15) is 8.78 Å². The van der Waals surface area contributed by atoms with Gasteiger partial charge in [-0.25, -0.2) is 13.5 Å². The van der Waals surface area contributed by atoms with Crippen LogP contribution in [0.5, 0.6) is 0 Å². The molecule has 2 aromatic carbocycles. The van der Waals surface area contributed by atoms with Crippen LogP contribution in [0, 0.1) is 11.6 Å². The molecule has 0 radical (unpaired) electrons. The third kappa shape index (κ3) is 4.46. The standard InChI is InChI=1S/C20H13BrF4N6/c21-13-3-1-12(2-4-13)18-8-27-19(9-26-18)20(24,25)16(10-31-11-28-29-30-31)15-6-5-14(22)7-17(15)23/h1-9,11,16H,10H2. The van der Waals surface area contributed by atoms with E-state index in [9.17, 15) is 8.78 Å². The van der Waals surface area contributed by atoms with E-state index < -0.39 is 35.7 Å². The lowest BCUT2D eigenvalue weighted by molar-refractivity contribution is -0.0458. The lowest BCUT2D eigenvalue weighted by Crippen LogP contribution is -2.30. The van der Waals surface area contributed by atoms with E-state index in [1.165, 1.54) is 6.20 Å². The van der Waals surface area contributed by atoms with Crippen molar-refractivity contribution in [1.82, 2.24) is 30.2 Å². The highest BCUT2D eigenvalue weighted by Crippen LogP contribution is 2.43. The van der Waals surface area contributed by atoms with Crippen LogP contribution in [-0.4, -0.2) is 30.2 Å². The van der Waals surface area contributed by atoms with E-state index in [-0.39, 0.29) is 5.56 Å². The Morgan fingerprint density at radius 2 is 1.77 bits per heavy atom. The highest BCUT2D eigenvalue weighted by Gasteiger charge is 2.45. The first-order valence-corrected chi connectivity index (χ1v) is 9.76. The molecule has 0 bridgehead atoms. The summed E-state index contributed by atoms with van der Waals surface area (Å²) in [5, 5.41) is 10.4. The molecule has 1 atom stereocenters. The lowest BCUT2D eigenvalue weighted by Gasteiger charge is -2.26. The molecule has 2 heterocycles. The maximum Gasteiger partial charge on any atom is 0.299 e. The molecule has 11 heteroatoms. The first kappa shape index (κ1) is 21.0. The summed E-state index contributed by atoms with van der Waals surface area (Å²) in [5.74, 6) is -7.39. The molecule has 0 aliphatic heterocycles. The quantitative estimate of drug-likeness (QED) is 0.363. The molecule has 4 aromatic rings. The Balaban J connectivity index is 1.71. The summed E-state index contributed by atoms with van der Waals surface area (Å²) in [7, 11) is 0. The third-order valence-electron chi connectivity index (χ3n) is 4.67. The molecule has 0 aliphatic carbocycles. The van der Waals surface area contributed by atoms with Crippen LogP contribution in [0.2, 0.25) is 0 Å². The second-order valence-corrected chi connectivity index (χ2v) is 7.58. The van der Waals surface area contributed by atoms with E-state index in [0.29, 0.717) is 17.3 Å². The van der Waals surface area contributed by atoms with Gasteiger partial charge in [-0.15, -0.1) is 5.10 Å². The summed E-state index contributed by atoms with van der Waals surface area (Å²) < 4.78 is 60.7. The van der Waals surface area contributed by atoms with Crippen LogP contribution < -0.4 is 0 Å². The number of alkyl halides is 2. The Morgan fingerprint density at radius 3 is 2.39 bits per heavy atom. The molecule has 0 saturated heterocycles. The van der Waals surface area contributed by atoms with Crippen LogP contribution in [0.25, 0.3) is 11.3 Å². The Kier molecular flexibility index (Phi) is 5.77. The molecule has 2 aromatic heterocycles. The summed E-state index contributed by atoms with van der Waals surface area (Å²) in [5.41, 5.74) is 0.0493. The second kappa shape index (κ2) is 8.50. The van der Waals surface area contributed by atoms with Gasteiger partial charge in [-0.1, -0.05) is 34.1 Å². The van der Waals surface area contributed by atoms with Crippen LogP contribution in [0.15, 0.2) is 65.7 Å². The van der Waals surface area contributed by atoms with E-state index in [1.807, 2.05) is 0 Å². The van der Waals surface area contributed by atoms with E-state index in [0.717, 1.165) is 33.8 Å². The second-order valence-electron chi connectivity index (χ2n) is 6.67. The van der Waals surface area contributed by atoms with Gasteiger partial charge >= 0.3 is 0 Å². The van der Waals surface area contributed by atoms with Crippen molar-refractivity contribution in [3.8, 4) is 11.3 Å². The summed E-state index contributed by atoms with van der Waals surface area (Å²) in [6, 6.07) is 9.57. The fourth-order valence-electron chi connectivity index (χ4n) is 3.09. The van der Waals surface area contributed by atoms with Crippen molar-refractivity contribution in [2.75, 3.05) is 0 Å². The van der Waals surface area contributed by atoms with Gasteiger partial charge in [0.15, 0.2) is 0 Å². The molecule has 158 valence electrons. The Morgan fingerprint density at radius 1 is 1.00 bits per heavy atom. The number of hydrogen-bond acceptors (Lipinski definition) is 5. The summed E-state index contributed by atoms with van der Waals surface area (Å²) in [6.45, 7) is -0.460. The molecular formula is C20H13BrF4N6. The molecule has 0 aliphatic rings. The van der Waals surface area contributed by atoms with Crippen molar-refractivity contribution in [2.45, 2.75) is 18.4 Å². The molecule has 0 spiro atoms. The van der Waals surface area contributed by atoms with Crippen molar-refractivity contribution >= 4 is 15.9 Å². The van der Waals surface area contributed by atoms with Gasteiger partial charge in [-0.05, 0) is 34.2 Å². The zero-order chi connectivity index (χ0) is 22.0. The van der Waals surface area contributed by atoms with Crippen molar-refractivity contribution in [3.63, 3.8) is 0 Å². The minimum Gasteiger partial charge on any atom is -0.252 e.